The van der Waals surface area contributed by atoms with Crippen molar-refractivity contribution < 1.29 is 0 Å². The van der Waals surface area contributed by atoms with Crippen molar-refractivity contribution in [2.75, 3.05) is 0 Å². The Balaban J connectivity index is 1.19. The molecular weight excluding hydrogens is 793 g/mol. The van der Waals surface area contributed by atoms with Crippen molar-refractivity contribution in [3.05, 3.63) is 202 Å². The van der Waals surface area contributed by atoms with E-state index in [1.807, 2.05) is 0 Å². The van der Waals surface area contributed by atoms with Gasteiger partial charge in [0.2, 0.25) is 0 Å². The Hall–Kier alpha value is -6.63. The first-order valence-corrected chi connectivity index (χ1v) is 21.2. The van der Waals surface area contributed by atoms with Crippen molar-refractivity contribution in [3.8, 4) is 22.3 Å². The molecule has 0 saturated heterocycles. The second kappa shape index (κ2) is 12.4. The molecule has 0 saturated carbocycles. The van der Waals surface area contributed by atoms with E-state index in [-0.39, 0.29) is 0 Å². The molecule has 2 aromatic heterocycles. The lowest BCUT2D eigenvalue weighted by atomic mass is 9.94. The number of benzene rings is 9. The number of aromatic amines is 1. The van der Waals surface area contributed by atoms with Crippen molar-refractivity contribution in [1.82, 2.24) is 9.55 Å². The number of aromatic nitrogens is 2. The second-order valence-electron chi connectivity index (χ2n) is 14.6. The van der Waals surface area contributed by atoms with Crippen LogP contribution in [-0.4, -0.2) is 13.4 Å². The van der Waals surface area contributed by atoms with Gasteiger partial charge in [-0.05, 0) is 94.9 Å². The van der Waals surface area contributed by atoms with Crippen molar-refractivity contribution >= 4 is 95.4 Å². The fourth-order valence-corrected chi connectivity index (χ4v) is 11.6. The van der Waals surface area contributed by atoms with Gasteiger partial charge < -0.3 is 4.98 Å². The van der Waals surface area contributed by atoms with Gasteiger partial charge in [0.25, 0.3) is 0 Å². The number of H-pyrrole nitrogens is 1. The minimum atomic E-state index is -0.627. The second-order valence-corrected chi connectivity index (χ2v) is 17.2. The zero-order valence-corrected chi connectivity index (χ0v) is 32.3. The molecule has 3 heterocycles. The molecule has 0 unspecified atom stereocenters. The highest BCUT2D eigenvalue weighted by Gasteiger charge is 2.23. The fourth-order valence-electron chi connectivity index (χ4n) is 8.84. The summed E-state index contributed by atoms with van der Waals surface area (Å²) >= 11 is -0.627. The lowest BCUT2D eigenvalue weighted by Gasteiger charge is -2.15. The smallest absolute Gasteiger partial charge is 0.171 e. The number of hydrogen-bond donors (Lipinski definition) is 1. The van der Waals surface area contributed by atoms with Gasteiger partial charge in [0.15, 0.2) is 3.84 Å². The zero-order chi connectivity index (χ0) is 36.7. The topological polar surface area (TPSA) is 33.1 Å². The van der Waals surface area contributed by atoms with Crippen LogP contribution in [0.15, 0.2) is 193 Å². The number of hydrogen-bond acceptors (Lipinski definition) is 1. The third-order valence-corrected chi connectivity index (χ3v) is 14.2. The summed E-state index contributed by atoms with van der Waals surface area (Å²) < 4.78 is 5.02. The number of rotatable bonds is 3. The van der Waals surface area contributed by atoms with E-state index >= 15 is 0 Å². The molecule has 9 aromatic carbocycles. The molecule has 11 aromatic rings. The van der Waals surface area contributed by atoms with Gasteiger partial charge in [0.05, 0.1) is 22.2 Å². The van der Waals surface area contributed by atoms with E-state index in [1.54, 1.807) is 0 Å². The van der Waals surface area contributed by atoms with Crippen LogP contribution < -0.4 is 5.22 Å². The molecule has 0 amide bonds. The molecule has 3 nitrogen and oxygen atoms in total. The monoisotopic (exact) mass is 825 g/mol. The highest BCUT2D eigenvalue weighted by Crippen LogP contribution is 2.45. The fraction of sp³-hybridized carbons (Fsp3) is 0. The minimum Gasteiger partial charge on any atom is -0.354 e. The van der Waals surface area contributed by atoms with E-state index < -0.39 is 20.7 Å². The van der Waals surface area contributed by atoms with Crippen molar-refractivity contribution in [1.29, 1.82) is 0 Å². The van der Waals surface area contributed by atoms with Gasteiger partial charge in [-0.3, -0.25) is 4.57 Å². The molecule has 1 aliphatic heterocycles. The average molecular weight is 826 g/mol. The molecule has 56 heavy (non-hydrogen) atoms. The van der Waals surface area contributed by atoms with Crippen molar-refractivity contribution in [3.63, 3.8) is 0 Å². The summed E-state index contributed by atoms with van der Waals surface area (Å²) in [7, 11) is 0. The molecule has 0 fully saturated rings. The predicted molar refractivity (Wildman–Crippen MR) is 245 cm³/mol. The van der Waals surface area contributed by atoms with Gasteiger partial charge in [-0.2, -0.15) is 0 Å². The van der Waals surface area contributed by atoms with Gasteiger partial charge in [0, 0.05) is 41.0 Å². The maximum Gasteiger partial charge on any atom is 0.171 e. The van der Waals surface area contributed by atoms with Crippen LogP contribution in [0.1, 0.15) is 5.56 Å². The quantitative estimate of drug-likeness (QED) is 0.172. The Kier molecular flexibility index (Phi) is 7.05. The van der Waals surface area contributed by atoms with Gasteiger partial charge in [-0.15, -0.1) is 0 Å². The summed E-state index contributed by atoms with van der Waals surface area (Å²) in [5.41, 5.74) is 11.7. The summed E-state index contributed by atoms with van der Waals surface area (Å²) in [4.78, 5) is 9.63. The van der Waals surface area contributed by atoms with Crippen LogP contribution in [0.3, 0.4) is 0 Å². The molecule has 0 spiro atoms. The summed E-state index contributed by atoms with van der Waals surface area (Å²) in [6.45, 7) is 0. The van der Waals surface area contributed by atoms with E-state index in [4.69, 9.17) is 4.99 Å². The molecule has 12 rings (SSSR count). The SMILES string of the molecule is c1ccc(C2=c3ccccc3=IC(n3c4cc(-c5ccccc5)c5ccccc5c4c4c5[nH]c6cc(-c7ccc8ccccc8c7)ccc6c5ccc43)=N2)cc1. The van der Waals surface area contributed by atoms with Gasteiger partial charge in [-0.25, -0.2) is 4.99 Å². The molecule has 0 radical (unpaired) electrons. The van der Waals surface area contributed by atoms with E-state index in [1.165, 1.54) is 84.7 Å². The number of fused-ring (bicyclic) bond motifs is 11. The summed E-state index contributed by atoms with van der Waals surface area (Å²) in [6.07, 6.45) is 0. The lowest BCUT2D eigenvalue weighted by molar-refractivity contribution is 1.29. The van der Waals surface area contributed by atoms with Crippen molar-refractivity contribution in [2.24, 2.45) is 4.99 Å². The Morgan fingerprint density at radius 1 is 0.446 bits per heavy atom. The van der Waals surface area contributed by atoms with Gasteiger partial charge in [0.1, 0.15) is 0 Å². The number of halogens is 1. The zero-order valence-electron chi connectivity index (χ0n) is 30.2. The molecule has 0 aliphatic carbocycles. The largest absolute Gasteiger partial charge is 0.354 e. The molecule has 0 bridgehead atoms. The summed E-state index contributed by atoms with van der Waals surface area (Å²) in [6, 6.07) is 68.6. The summed E-state index contributed by atoms with van der Waals surface area (Å²) in [5.74, 6) is 0. The minimum absolute atomic E-state index is 0.627. The van der Waals surface area contributed by atoms with E-state index in [2.05, 4.69) is 198 Å². The van der Waals surface area contributed by atoms with Crippen LogP contribution in [0, 0.1) is 3.15 Å². The van der Waals surface area contributed by atoms with Crippen LogP contribution in [0.4, 0.5) is 0 Å². The van der Waals surface area contributed by atoms with Gasteiger partial charge in [-0.1, -0.05) is 158 Å². The van der Waals surface area contributed by atoms with E-state index in [0.717, 1.165) is 26.1 Å². The molecule has 1 aliphatic rings. The Morgan fingerprint density at radius 3 is 1.98 bits per heavy atom. The van der Waals surface area contributed by atoms with Crippen LogP contribution in [-0.2, 0) is 0 Å². The standard InChI is InChI=1S/C52H32IN3/c1-3-14-33(15-4-1)43-31-47-48(40-20-10-9-19-38(40)43)49-46(56(47)52-53-44-22-12-11-21-42(44)50(55-52)34-16-5-2-6-17-34)28-27-41-39-26-25-37(30-45(39)54-51(41)49)36-24-23-32-13-7-8-18-35(32)29-36/h1-31,54H. The molecule has 4 heteroatoms. The maximum absolute atomic E-state index is 5.64. The lowest BCUT2D eigenvalue weighted by Crippen LogP contribution is -2.15. The molecular formula is C52H32IN3. The first-order chi connectivity index (χ1) is 27.8. The highest BCUT2D eigenvalue weighted by molar-refractivity contribution is 14.2. The number of aliphatic imine (C=N–C) groups is 1. The third-order valence-electron chi connectivity index (χ3n) is 11.4. The normalized spacial score (nSPS) is 13.0. The van der Waals surface area contributed by atoms with Crippen LogP contribution in [0.25, 0.3) is 93.1 Å². The number of nitrogens with one attached hydrogen (secondary N) is 1. The van der Waals surface area contributed by atoms with Crippen LogP contribution in [0.5, 0.6) is 0 Å². The van der Waals surface area contributed by atoms with Crippen LogP contribution >= 0.6 is 20.7 Å². The van der Waals surface area contributed by atoms with E-state index in [0.29, 0.717) is 0 Å². The predicted octanol–water partition coefficient (Wildman–Crippen LogP) is 13.4. The maximum atomic E-state index is 5.64. The molecule has 0 atom stereocenters. The summed E-state index contributed by atoms with van der Waals surface area (Å²) in [5, 5.41) is 11.2. The highest BCUT2D eigenvalue weighted by atomic mass is 127. The first kappa shape index (κ1) is 31.7. The first-order valence-electron chi connectivity index (χ1n) is 19.0. The number of nitrogens with zero attached hydrogens (tertiary/aromatic N) is 2. The van der Waals surface area contributed by atoms with Crippen molar-refractivity contribution in [2.45, 2.75) is 0 Å². The third kappa shape index (κ3) is 4.82. The Morgan fingerprint density at radius 2 is 1.12 bits per heavy atom. The molecule has 1 N–H and O–H groups in total. The molecule has 262 valence electrons. The average Bonchev–Trinajstić information content (AvgIpc) is 3.81. The van der Waals surface area contributed by atoms with Gasteiger partial charge >= 0.3 is 0 Å². The Labute approximate surface area is 332 Å². The van der Waals surface area contributed by atoms with Crippen LogP contribution in [0.2, 0.25) is 0 Å². The van der Waals surface area contributed by atoms with E-state index in [9.17, 15) is 0 Å². The Bertz CT molecular complexity index is 3580.